The third-order valence-electron chi connectivity index (χ3n) is 4.57. The van der Waals surface area contributed by atoms with E-state index in [1.807, 2.05) is 20.9 Å². The van der Waals surface area contributed by atoms with Crippen LogP contribution in [0.2, 0.25) is 0 Å². The molecule has 5 nitrogen and oxygen atoms in total. The summed E-state index contributed by atoms with van der Waals surface area (Å²) in [6, 6.07) is 0.642. The molecule has 0 aromatic rings. The van der Waals surface area contributed by atoms with Crippen molar-refractivity contribution in [2.75, 3.05) is 46.4 Å². The van der Waals surface area contributed by atoms with Crippen LogP contribution < -0.4 is 5.32 Å². The van der Waals surface area contributed by atoms with Gasteiger partial charge in [0.2, 0.25) is 0 Å². The van der Waals surface area contributed by atoms with E-state index in [-0.39, 0.29) is 5.97 Å². The van der Waals surface area contributed by atoms with Gasteiger partial charge in [-0.3, -0.25) is 9.69 Å². The molecule has 0 aromatic heterocycles. The Morgan fingerprint density at radius 2 is 1.90 bits per heavy atom. The van der Waals surface area contributed by atoms with Crippen molar-refractivity contribution < 1.29 is 9.53 Å². The molecule has 0 saturated carbocycles. The highest BCUT2D eigenvalue weighted by Gasteiger charge is 2.32. The van der Waals surface area contributed by atoms with Crippen molar-refractivity contribution in [3.8, 4) is 0 Å². The highest BCUT2D eigenvalue weighted by atomic mass is 16.5. The first kappa shape index (κ1) is 18.4. The second kappa shape index (κ2) is 8.71. The second-order valence-corrected chi connectivity index (χ2v) is 6.38. The zero-order chi connectivity index (χ0) is 15.9. The molecular formula is C16H33N3O2. The third kappa shape index (κ3) is 5.57. The van der Waals surface area contributed by atoms with Gasteiger partial charge in [-0.25, -0.2) is 0 Å². The van der Waals surface area contributed by atoms with Gasteiger partial charge in [-0.15, -0.1) is 0 Å². The lowest BCUT2D eigenvalue weighted by atomic mass is 9.96. The number of nitrogens with zero attached hydrogens (tertiary/aromatic N) is 2. The molecule has 21 heavy (non-hydrogen) atoms. The summed E-state index contributed by atoms with van der Waals surface area (Å²) in [4.78, 5) is 17.0. The van der Waals surface area contributed by atoms with E-state index in [4.69, 9.17) is 4.74 Å². The maximum Gasteiger partial charge on any atom is 0.326 e. The van der Waals surface area contributed by atoms with Crippen LogP contribution in [0.1, 0.15) is 40.5 Å². The smallest absolute Gasteiger partial charge is 0.326 e. The summed E-state index contributed by atoms with van der Waals surface area (Å²) in [6.45, 7) is 14.4. The van der Waals surface area contributed by atoms with E-state index in [2.05, 4.69) is 29.0 Å². The molecule has 1 heterocycles. The fourth-order valence-corrected chi connectivity index (χ4v) is 2.78. The lowest BCUT2D eigenvalue weighted by molar-refractivity contribution is -0.150. The summed E-state index contributed by atoms with van der Waals surface area (Å²) in [5.41, 5.74) is -0.560. The molecule has 0 radical (unpaired) electrons. The Labute approximate surface area is 130 Å². The van der Waals surface area contributed by atoms with Crippen LogP contribution >= 0.6 is 0 Å². The summed E-state index contributed by atoms with van der Waals surface area (Å²) in [7, 11) is 1.83. The van der Waals surface area contributed by atoms with Crippen molar-refractivity contribution >= 4 is 5.97 Å². The van der Waals surface area contributed by atoms with Gasteiger partial charge in [-0.05, 0) is 54.1 Å². The van der Waals surface area contributed by atoms with Crippen LogP contribution in [0.3, 0.4) is 0 Å². The molecule has 124 valence electrons. The van der Waals surface area contributed by atoms with Gasteiger partial charge < -0.3 is 15.0 Å². The molecular weight excluding hydrogens is 266 g/mol. The first-order valence-electron chi connectivity index (χ1n) is 8.25. The van der Waals surface area contributed by atoms with Crippen molar-refractivity contribution in [3.05, 3.63) is 0 Å². The molecule has 0 aromatic carbocycles. The highest BCUT2D eigenvalue weighted by Crippen LogP contribution is 2.15. The summed E-state index contributed by atoms with van der Waals surface area (Å²) >= 11 is 0. The number of ether oxygens (including phenoxy) is 1. The van der Waals surface area contributed by atoms with E-state index in [1.165, 1.54) is 0 Å². The SMILES string of the molecule is CCOC(=O)C(C)(CCCN1CCN(C(C)C)CC1)NC. The average Bonchev–Trinajstić information content (AvgIpc) is 2.47. The molecule has 1 saturated heterocycles. The van der Waals surface area contributed by atoms with E-state index in [1.54, 1.807) is 0 Å². The predicted octanol–water partition coefficient (Wildman–Crippen LogP) is 1.33. The third-order valence-corrected chi connectivity index (χ3v) is 4.57. The van der Waals surface area contributed by atoms with Gasteiger partial charge >= 0.3 is 5.97 Å². The van der Waals surface area contributed by atoms with Crippen molar-refractivity contribution in [2.24, 2.45) is 0 Å². The van der Waals surface area contributed by atoms with Crippen LogP contribution in [0.4, 0.5) is 0 Å². The van der Waals surface area contributed by atoms with Gasteiger partial charge in [0, 0.05) is 32.2 Å². The van der Waals surface area contributed by atoms with Crippen molar-refractivity contribution in [2.45, 2.75) is 52.1 Å². The molecule has 1 atom stereocenters. The number of esters is 1. The van der Waals surface area contributed by atoms with Crippen LogP contribution in [-0.2, 0) is 9.53 Å². The van der Waals surface area contributed by atoms with E-state index in [0.29, 0.717) is 12.6 Å². The summed E-state index contributed by atoms with van der Waals surface area (Å²) in [5.74, 6) is -0.142. The minimum atomic E-state index is -0.560. The van der Waals surface area contributed by atoms with E-state index in [0.717, 1.165) is 45.6 Å². The number of piperazine rings is 1. The predicted molar refractivity (Wildman–Crippen MR) is 86.5 cm³/mol. The first-order chi connectivity index (χ1) is 9.92. The highest BCUT2D eigenvalue weighted by molar-refractivity contribution is 5.80. The first-order valence-corrected chi connectivity index (χ1v) is 8.25. The van der Waals surface area contributed by atoms with Gasteiger partial charge in [-0.1, -0.05) is 0 Å². The van der Waals surface area contributed by atoms with Crippen molar-refractivity contribution in [1.29, 1.82) is 0 Å². The van der Waals surface area contributed by atoms with Crippen molar-refractivity contribution in [1.82, 2.24) is 15.1 Å². The van der Waals surface area contributed by atoms with Crippen molar-refractivity contribution in [3.63, 3.8) is 0 Å². The standard InChI is InChI=1S/C16H33N3O2/c1-6-21-15(20)16(4,17-5)8-7-9-18-10-12-19(13-11-18)14(2)3/h14,17H,6-13H2,1-5H3. The Balaban J connectivity index is 2.31. The van der Waals surface area contributed by atoms with E-state index < -0.39 is 5.54 Å². The van der Waals surface area contributed by atoms with Crippen LogP contribution in [0, 0.1) is 0 Å². The Hall–Kier alpha value is -0.650. The largest absolute Gasteiger partial charge is 0.465 e. The Kier molecular flexibility index (Phi) is 7.63. The fraction of sp³-hybridized carbons (Fsp3) is 0.938. The molecule has 0 spiro atoms. The molecule has 0 bridgehead atoms. The van der Waals surface area contributed by atoms with Crippen LogP contribution in [0.5, 0.6) is 0 Å². The van der Waals surface area contributed by atoms with Gasteiger partial charge in [0.1, 0.15) is 5.54 Å². The molecule has 1 aliphatic heterocycles. The van der Waals surface area contributed by atoms with Crippen LogP contribution in [0.15, 0.2) is 0 Å². The quantitative estimate of drug-likeness (QED) is 0.685. The topological polar surface area (TPSA) is 44.8 Å². The Morgan fingerprint density at radius 3 is 2.38 bits per heavy atom. The molecule has 1 N–H and O–H groups in total. The zero-order valence-corrected chi connectivity index (χ0v) is 14.4. The summed E-state index contributed by atoms with van der Waals surface area (Å²) in [6.07, 6.45) is 1.82. The normalized spacial score (nSPS) is 20.5. The van der Waals surface area contributed by atoms with Gasteiger partial charge in [0.25, 0.3) is 0 Å². The lowest BCUT2D eigenvalue weighted by Gasteiger charge is -2.37. The van der Waals surface area contributed by atoms with E-state index in [9.17, 15) is 4.79 Å². The molecule has 1 aliphatic rings. The minimum Gasteiger partial charge on any atom is -0.465 e. The summed E-state index contributed by atoms with van der Waals surface area (Å²) < 4.78 is 5.16. The van der Waals surface area contributed by atoms with Crippen LogP contribution in [-0.4, -0.2) is 73.7 Å². The molecule has 0 amide bonds. The molecule has 0 aliphatic carbocycles. The second-order valence-electron chi connectivity index (χ2n) is 6.38. The average molecular weight is 299 g/mol. The number of rotatable bonds is 8. The molecule has 1 fully saturated rings. The van der Waals surface area contributed by atoms with E-state index >= 15 is 0 Å². The number of nitrogens with one attached hydrogen (secondary N) is 1. The fourth-order valence-electron chi connectivity index (χ4n) is 2.78. The number of likely N-dealkylation sites (N-methyl/N-ethyl adjacent to an activating group) is 1. The number of hydrogen-bond acceptors (Lipinski definition) is 5. The maximum atomic E-state index is 12.0. The molecule has 1 rings (SSSR count). The maximum absolute atomic E-state index is 12.0. The zero-order valence-electron chi connectivity index (χ0n) is 14.4. The van der Waals surface area contributed by atoms with Crippen LogP contribution in [0.25, 0.3) is 0 Å². The Bertz CT molecular complexity index is 315. The molecule has 5 heteroatoms. The Morgan fingerprint density at radius 1 is 1.29 bits per heavy atom. The number of carbonyl (C=O) groups excluding carboxylic acids is 1. The number of hydrogen-bond donors (Lipinski definition) is 1. The minimum absolute atomic E-state index is 0.142. The molecule has 1 unspecified atom stereocenters. The summed E-state index contributed by atoms with van der Waals surface area (Å²) in [5, 5.41) is 3.12. The lowest BCUT2D eigenvalue weighted by Crippen LogP contribution is -2.50. The van der Waals surface area contributed by atoms with Gasteiger partial charge in [-0.2, -0.15) is 0 Å². The van der Waals surface area contributed by atoms with Gasteiger partial charge in [0.05, 0.1) is 6.61 Å². The van der Waals surface area contributed by atoms with Gasteiger partial charge in [0.15, 0.2) is 0 Å². The number of carbonyl (C=O) groups is 1. The monoisotopic (exact) mass is 299 g/mol.